The Kier molecular flexibility index (Phi) is 6.92. The molecule has 0 spiro atoms. The Morgan fingerprint density at radius 3 is 2.24 bits per heavy atom. The van der Waals surface area contributed by atoms with Gasteiger partial charge in [-0.3, -0.25) is 0 Å². The van der Waals surface area contributed by atoms with E-state index in [1.807, 2.05) is 0 Å². The summed E-state index contributed by atoms with van der Waals surface area (Å²) in [4.78, 5) is 5.19. The van der Waals surface area contributed by atoms with Crippen LogP contribution in [0.5, 0.6) is 0 Å². The summed E-state index contributed by atoms with van der Waals surface area (Å²) in [6.45, 7) is 2.02. The van der Waals surface area contributed by atoms with Gasteiger partial charge < -0.3 is 10.6 Å². The van der Waals surface area contributed by atoms with E-state index in [2.05, 4.69) is 21.2 Å². The molecule has 2 heterocycles. The number of sulfonamides is 1. The van der Waals surface area contributed by atoms with Gasteiger partial charge in [-0.15, -0.1) is 5.92 Å². The van der Waals surface area contributed by atoms with Crippen LogP contribution in [0.4, 0.5) is 24.7 Å². The lowest BCUT2D eigenvalue weighted by molar-refractivity contribution is -0.0403. The molecule has 0 aliphatic carbocycles. The van der Waals surface area contributed by atoms with Crippen LogP contribution < -0.4 is 10.6 Å². The zero-order chi connectivity index (χ0) is 24.4. The maximum Gasteiger partial charge on any atom is 0.483 e. The molecule has 2 atom stereocenters. The molecule has 1 saturated heterocycles. The van der Waals surface area contributed by atoms with Crippen LogP contribution in [0.25, 0.3) is 0 Å². The highest BCUT2D eigenvalue weighted by Crippen LogP contribution is 2.34. The number of nitrogen functional groups attached to an aromatic ring is 1. The van der Waals surface area contributed by atoms with Crippen molar-refractivity contribution in [2.24, 2.45) is 4.36 Å². The minimum absolute atomic E-state index is 0.00272. The molecular weight excluding hydrogens is 479 g/mol. The van der Waals surface area contributed by atoms with Crippen LogP contribution >= 0.6 is 0 Å². The first-order valence-electron chi connectivity index (χ1n) is 9.66. The molecule has 1 aliphatic heterocycles. The second kappa shape index (κ2) is 9.20. The maximum atomic E-state index is 13.3. The van der Waals surface area contributed by atoms with Gasteiger partial charge in [0.05, 0.1) is 4.90 Å². The number of aromatic nitrogens is 1. The summed E-state index contributed by atoms with van der Waals surface area (Å²) in [7, 11) is -7.55. The first-order valence-corrected chi connectivity index (χ1v) is 12.6. The largest absolute Gasteiger partial charge is 0.483 e. The number of hydrogen-bond donors (Lipinski definition) is 1. The molecule has 2 N–H and O–H groups in total. The van der Waals surface area contributed by atoms with Crippen LogP contribution in [0.2, 0.25) is 0 Å². The van der Waals surface area contributed by atoms with Crippen molar-refractivity contribution >= 4 is 31.3 Å². The molecule has 0 radical (unpaired) electrons. The monoisotopic (exact) mass is 501 g/mol. The van der Waals surface area contributed by atoms with Gasteiger partial charge in [0.15, 0.2) is 9.73 Å². The van der Waals surface area contributed by atoms with Crippen molar-refractivity contribution in [3.05, 3.63) is 42.6 Å². The Morgan fingerprint density at radius 2 is 1.73 bits per heavy atom. The molecule has 1 fully saturated rings. The zero-order valence-electron chi connectivity index (χ0n) is 17.8. The van der Waals surface area contributed by atoms with Gasteiger partial charge in [0.2, 0.25) is 10.0 Å². The minimum Gasteiger partial charge on any atom is -0.384 e. The van der Waals surface area contributed by atoms with Gasteiger partial charge in [-0.05, 0) is 43.3 Å². The van der Waals surface area contributed by atoms with Crippen molar-refractivity contribution < 1.29 is 25.8 Å². The highest BCUT2D eigenvalue weighted by Gasteiger charge is 2.44. The van der Waals surface area contributed by atoms with Gasteiger partial charge in [-0.25, -0.2) is 22.0 Å². The van der Waals surface area contributed by atoms with Crippen molar-refractivity contribution in [1.29, 1.82) is 0 Å². The number of benzene rings is 1. The van der Waals surface area contributed by atoms with E-state index in [0.29, 0.717) is 5.69 Å². The molecule has 1 aromatic heterocycles. The Morgan fingerprint density at radius 1 is 1.09 bits per heavy atom. The summed E-state index contributed by atoms with van der Waals surface area (Å²) in [5.74, 6) is 5.92. The molecule has 33 heavy (non-hydrogen) atoms. The number of halogens is 3. The lowest BCUT2D eigenvalue weighted by Crippen LogP contribution is -2.54. The lowest BCUT2D eigenvalue weighted by Gasteiger charge is -2.39. The number of pyridine rings is 1. The number of piperazine rings is 1. The molecule has 2 aromatic rings. The second-order valence-corrected chi connectivity index (χ2v) is 11.3. The Labute approximate surface area is 190 Å². The smallest absolute Gasteiger partial charge is 0.384 e. The van der Waals surface area contributed by atoms with E-state index in [1.54, 1.807) is 11.8 Å². The fraction of sp³-hybridized carbons (Fsp3) is 0.350. The normalized spacial score (nSPS) is 19.3. The van der Waals surface area contributed by atoms with Crippen molar-refractivity contribution in [2.75, 3.05) is 37.3 Å². The van der Waals surface area contributed by atoms with E-state index in [0.717, 1.165) is 19.2 Å². The third kappa shape index (κ3) is 4.78. The number of alkyl halides is 3. The molecule has 13 heteroatoms. The molecule has 0 saturated carbocycles. The summed E-state index contributed by atoms with van der Waals surface area (Å²) < 4.78 is 82.5. The predicted octanol–water partition coefficient (Wildman–Crippen LogP) is 2.54. The Balaban J connectivity index is 1.88. The standard InChI is InChI=1S/C20H22F3N5O3S2/c1-3-4-16-14-27(33(30,31)18-9-10-19(24)26-13-18)11-12-28(16)15-5-7-17(8-6-15)32(29,25-2)20(21,22)23/h5-10,13,16H,11-12,14H2,1-2H3,(H2,24,26)/t16-,32+/m0/s1. The molecule has 8 nitrogen and oxygen atoms in total. The summed E-state index contributed by atoms with van der Waals surface area (Å²) in [6, 6.07) is 7.29. The first kappa shape index (κ1) is 24.8. The van der Waals surface area contributed by atoms with Crippen LogP contribution in [0.3, 0.4) is 0 Å². The number of anilines is 2. The zero-order valence-corrected chi connectivity index (χ0v) is 19.4. The third-order valence-corrected chi connectivity index (χ3v) is 9.01. The highest BCUT2D eigenvalue weighted by molar-refractivity contribution is 7.94. The summed E-state index contributed by atoms with van der Waals surface area (Å²) in [6.07, 6.45) is 1.19. The van der Waals surface area contributed by atoms with Gasteiger partial charge in [0, 0.05) is 38.6 Å². The van der Waals surface area contributed by atoms with E-state index in [9.17, 15) is 25.8 Å². The number of nitrogens with two attached hydrogens (primary N) is 1. The van der Waals surface area contributed by atoms with Crippen LogP contribution in [0, 0.1) is 11.8 Å². The third-order valence-electron chi connectivity index (χ3n) is 5.11. The van der Waals surface area contributed by atoms with Gasteiger partial charge in [-0.1, -0.05) is 5.92 Å². The van der Waals surface area contributed by atoms with E-state index in [-0.39, 0.29) is 30.3 Å². The quantitative estimate of drug-likeness (QED) is 0.645. The highest BCUT2D eigenvalue weighted by atomic mass is 32.2. The van der Waals surface area contributed by atoms with Gasteiger partial charge in [-0.2, -0.15) is 17.5 Å². The van der Waals surface area contributed by atoms with Crippen molar-refractivity contribution in [3.8, 4) is 11.8 Å². The van der Waals surface area contributed by atoms with Crippen molar-refractivity contribution in [2.45, 2.75) is 28.3 Å². The van der Waals surface area contributed by atoms with Gasteiger partial charge in [0.25, 0.3) is 0 Å². The minimum atomic E-state index is -5.00. The fourth-order valence-corrected chi connectivity index (χ4v) is 6.01. The van der Waals surface area contributed by atoms with Crippen LogP contribution in [-0.2, 0) is 19.8 Å². The summed E-state index contributed by atoms with van der Waals surface area (Å²) >= 11 is 0. The van der Waals surface area contributed by atoms with Gasteiger partial charge >= 0.3 is 5.51 Å². The molecule has 3 rings (SSSR count). The van der Waals surface area contributed by atoms with Crippen LogP contribution in [-0.4, -0.2) is 60.1 Å². The van der Waals surface area contributed by atoms with Gasteiger partial charge in [0.1, 0.15) is 16.8 Å². The Bertz CT molecular complexity index is 1290. The van der Waals surface area contributed by atoms with Crippen LogP contribution in [0.15, 0.2) is 56.7 Å². The Hall–Kier alpha value is -2.82. The SMILES string of the molecule is CC#C[C@H]1CN(S(=O)(=O)c2ccc(N)nc2)CCN1c1ccc([S@](=O)(=NC)C(F)(F)F)cc1. The topological polar surface area (TPSA) is 109 Å². The number of nitrogens with zero attached hydrogens (tertiary/aromatic N) is 4. The molecule has 1 aromatic carbocycles. The number of rotatable bonds is 4. The van der Waals surface area contributed by atoms with Crippen molar-refractivity contribution in [3.63, 3.8) is 0 Å². The first-order chi connectivity index (χ1) is 15.4. The van der Waals surface area contributed by atoms with Crippen LogP contribution in [0.1, 0.15) is 6.92 Å². The van der Waals surface area contributed by atoms with E-state index >= 15 is 0 Å². The maximum absolute atomic E-state index is 13.3. The summed E-state index contributed by atoms with van der Waals surface area (Å²) in [5, 5.41) is 0. The lowest BCUT2D eigenvalue weighted by atomic mass is 10.1. The van der Waals surface area contributed by atoms with Crippen molar-refractivity contribution in [1.82, 2.24) is 9.29 Å². The molecular formula is C20H22F3N5O3S2. The van der Waals surface area contributed by atoms with E-state index in [1.165, 1.54) is 34.8 Å². The molecule has 0 bridgehead atoms. The fourth-order valence-electron chi connectivity index (χ4n) is 3.43. The average molecular weight is 502 g/mol. The number of hydrogen-bond acceptors (Lipinski definition) is 7. The van der Waals surface area contributed by atoms with E-state index < -0.39 is 36.2 Å². The molecule has 1 aliphatic rings. The summed E-state index contributed by atoms with van der Waals surface area (Å²) in [5.41, 5.74) is 1.05. The second-order valence-electron chi connectivity index (χ2n) is 7.03. The average Bonchev–Trinajstić information content (AvgIpc) is 2.78. The predicted molar refractivity (Wildman–Crippen MR) is 119 cm³/mol. The van der Waals surface area contributed by atoms with E-state index in [4.69, 9.17) is 5.73 Å². The molecule has 178 valence electrons. The molecule has 0 amide bonds. The molecule has 0 unspecified atom stereocenters.